The quantitative estimate of drug-likeness (QED) is 0.590. The number of aromatic nitrogens is 1. The van der Waals surface area contributed by atoms with E-state index >= 15 is 0 Å². The van der Waals surface area contributed by atoms with Crippen molar-refractivity contribution in [2.24, 2.45) is 0 Å². The third-order valence-electron chi connectivity index (χ3n) is 3.69. The predicted octanol–water partition coefficient (Wildman–Crippen LogP) is 3.05. The highest BCUT2D eigenvalue weighted by molar-refractivity contribution is 6.62. The van der Waals surface area contributed by atoms with Crippen LogP contribution in [0, 0.1) is 0 Å². The van der Waals surface area contributed by atoms with Crippen molar-refractivity contribution >= 4 is 24.2 Å². The van der Waals surface area contributed by atoms with Crippen LogP contribution in [0.2, 0.25) is 5.15 Å². The van der Waals surface area contributed by atoms with Gasteiger partial charge < -0.3 is 9.31 Å². The summed E-state index contributed by atoms with van der Waals surface area (Å²) in [6.45, 7) is 7.28. The van der Waals surface area contributed by atoms with Gasteiger partial charge in [0, 0.05) is 11.7 Å². The van der Waals surface area contributed by atoms with Crippen LogP contribution >= 0.6 is 11.6 Å². The number of hydrogen-bond donors (Lipinski definition) is 0. The van der Waals surface area contributed by atoms with Gasteiger partial charge in [-0.25, -0.2) is 4.98 Å². The first-order valence-corrected chi connectivity index (χ1v) is 6.40. The molecule has 0 spiro atoms. The minimum absolute atomic E-state index is 0.195. The normalized spacial score (nSPS) is 21.3. The van der Waals surface area contributed by atoms with E-state index in [1.54, 1.807) is 0 Å². The van der Waals surface area contributed by atoms with Gasteiger partial charge in [-0.2, -0.15) is 13.2 Å². The lowest BCUT2D eigenvalue weighted by Gasteiger charge is -2.32. The van der Waals surface area contributed by atoms with E-state index in [9.17, 15) is 13.2 Å². The summed E-state index contributed by atoms with van der Waals surface area (Å²) < 4.78 is 49.8. The zero-order valence-electron chi connectivity index (χ0n) is 11.5. The van der Waals surface area contributed by atoms with Crippen LogP contribution in [0.15, 0.2) is 12.3 Å². The number of hydrogen-bond acceptors (Lipinski definition) is 3. The van der Waals surface area contributed by atoms with Crippen LogP contribution < -0.4 is 5.46 Å². The molecule has 0 saturated carbocycles. The van der Waals surface area contributed by atoms with Gasteiger partial charge in [-0.1, -0.05) is 11.6 Å². The molecule has 8 heteroatoms. The van der Waals surface area contributed by atoms with E-state index in [-0.39, 0.29) is 5.46 Å². The Kier molecular flexibility index (Phi) is 3.60. The van der Waals surface area contributed by atoms with E-state index in [0.29, 0.717) is 0 Å². The Morgan fingerprint density at radius 3 is 2.10 bits per heavy atom. The Morgan fingerprint density at radius 2 is 1.65 bits per heavy atom. The largest absolute Gasteiger partial charge is 0.496 e. The highest BCUT2D eigenvalue weighted by atomic mass is 35.5. The SMILES string of the molecule is CC1(C)OB(c2cnc(Cl)c(C(F)(F)F)c2)OC1(C)C. The number of alkyl halides is 3. The third-order valence-corrected chi connectivity index (χ3v) is 3.99. The van der Waals surface area contributed by atoms with Gasteiger partial charge in [0.05, 0.1) is 16.8 Å². The van der Waals surface area contributed by atoms with Crippen LogP contribution in [-0.4, -0.2) is 23.3 Å². The molecule has 0 radical (unpaired) electrons. The maximum absolute atomic E-state index is 12.8. The van der Waals surface area contributed by atoms with Gasteiger partial charge in [0.1, 0.15) is 5.15 Å². The zero-order chi connectivity index (χ0) is 15.3. The molecule has 1 fully saturated rings. The van der Waals surface area contributed by atoms with Crippen molar-refractivity contribution in [1.29, 1.82) is 0 Å². The molecule has 110 valence electrons. The van der Waals surface area contributed by atoms with Crippen LogP contribution in [0.4, 0.5) is 13.2 Å². The second kappa shape index (κ2) is 4.61. The van der Waals surface area contributed by atoms with Gasteiger partial charge in [0.15, 0.2) is 0 Å². The average molecular weight is 308 g/mol. The van der Waals surface area contributed by atoms with Gasteiger partial charge in [-0.05, 0) is 33.8 Å². The number of nitrogens with zero attached hydrogens (tertiary/aromatic N) is 1. The van der Waals surface area contributed by atoms with Gasteiger partial charge in [-0.3, -0.25) is 0 Å². The minimum atomic E-state index is -4.57. The molecule has 1 aromatic rings. The lowest BCUT2D eigenvalue weighted by Crippen LogP contribution is -2.41. The predicted molar refractivity (Wildman–Crippen MR) is 70.0 cm³/mol. The molecule has 0 unspecified atom stereocenters. The van der Waals surface area contributed by atoms with Crippen molar-refractivity contribution in [2.45, 2.75) is 45.1 Å². The first-order valence-electron chi connectivity index (χ1n) is 6.02. The lowest BCUT2D eigenvalue weighted by atomic mass is 9.80. The standard InChI is InChI=1S/C12H14BClF3NO2/c1-10(2)11(3,4)20-13(19-10)7-5-8(12(15,16)17)9(14)18-6-7/h5-6H,1-4H3. The molecular weight excluding hydrogens is 293 g/mol. The number of pyridine rings is 1. The topological polar surface area (TPSA) is 31.4 Å². The summed E-state index contributed by atoms with van der Waals surface area (Å²) in [5.74, 6) is 0. The van der Waals surface area contributed by atoms with E-state index in [1.165, 1.54) is 6.20 Å². The molecule has 0 atom stereocenters. The van der Waals surface area contributed by atoms with E-state index in [2.05, 4.69) is 4.98 Å². The number of halogens is 4. The number of rotatable bonds is 1. The van der Waals surface area contributed by atoms with Crippen molar-refractivity contribution in [3.63, 3.8) is 0 Å². The molecule has 20 heavy (non-hydrogen) atoms. The van der Waals surface area contributed by atoms with Crippen LogP contribution in [0.5, 0.6) is 0 Å². The second-order valence-electron chi connectivity index (χ2n) is 5.69. The molecule has 1 saturated heterocycles. The molecule has 1 aliphatic heterocycles. The molecule has 0 N–H and O–H groups in total. The van der Waals surface area contributed by atoms with Crippen molar-refractivity contribution in [2.75, 3.05) is 0 Å². The minimum Gasteiger partial charge on any atom is -0.399 e. The molecule has 0 amide bonds. The molecule has 2 rings (SSSR count). The summed E-state index contributed by atoms with van der Waals surface area (Å²) in [6.07, 6.45) is -3.33. The maximum atomic E-state index is 12.8. The van der Waals surface area contributed by atoms with Crippen LogP contribution in [-0.2, 0) is 15.5 Å². The second-order valence-corrected chi connectivity index (χ2v) is 6.05. The third kappa shape index (κ3) is 2.66. The van der Waals surface area contributed by atoms with E-state index < -0.39 is 35.2 Å². The molecular formula is C12H14BClF3NO2. The fourth-order valence-corrected chi connectivity index (χ4v) is 1.98. The Hall–Kier alpha value is -0.785. The van der Waals surface area contributed by atoms with Gasteiger partial charge in [-0.15, -0.1) is 0 Å². The van der Waals surface area contributed by atoms with Crippen LogP contribution in [0.1, 0.15) is 33.3 Å². The van der Waals surface area contributed by atoms with E-state index in [4.69, 9.17) is 20.9 Å². The van der Waals surface area contributed by atoms with Crippen molar-refractivity contribution in [3.8, 4) is 0 Å². The average Bonchev–Trinajstić information content (AvgIpc) is 2.47. The smallest absolute Gasteiger partial charge is 0.399 e. The van der Waals surface area contributed by atoms with Crippen molar-refractivity contribution < 1.29 is 22.5 Å². The van der Waals surface area contributed by atoms with Crippen molar-refractivity contribution in [1.82, 2.24) is 4.98 Å². The molecule has 0 aliphatic carbocycles. The summed E-state index contributed by atoms with van der Waals surface area (Å²) >= 11 is 5.49. The first kappa shape index (κ1) is 15.6. The van der Waals surface area contributed by atoms with E-state index in [1.807, 2.05) is 27.7 Å². The molecule has 1 aromatic heterocycles. The van der Waals surface area contributed by atoms with Gasteiger partial charge >= 0.3 is 13.3 Å². The Morgan fingerprint density at radius 1 is 1.15 bits per heavy atom. The maximum Gasteiger partial charge on any atom is 0.496 e. The first-order chi connectivity index (χ1) is 8.94. The van der Waals surface area contributed by atoms with Gasteiger partial charge in [0.2, 0.25) is 0 Å². The molecule has 0 aromatic carbocycles. The van der Waals surface area contributed by atoms with Gasteiger partial charge in [0.25, 0.3) is 0 Å². The lowest BCUT2D eigenvalue weighted by molar-refractivity contribution is -0.137. The zero-order valence-corrected chi connectivity index (χ0v) is 12.3. The Labute approximate surface area is 120 Å². The fraction of sp³-hybridized carbons (Fsp3) is 0.583. The highest BCUT2D eigenvalue weighted by Crippen LogP contribution is 2.37. The molecule has 1 aliphatic rings. The van der Waals surface area contributed by atoms with Crippen LogP contribution in [0.25, 0.3) is 0 Å². The van der Waals surface area contributed by atoms with Crippen molar-refractivity contribution in [3.05, 3.63) is 23.0 Å². The monoisotopic (exact) mass is 307 g/mol. The van der Waals surface area contributed by atoms with E-state index in [0.717, 1.165) is 6.07 Å². The summed E-state index contributed by atoms with van der Waals surface area (Å²) in [5.41, 5.74) is -2.06. The van der Waals surface area contributed by atoms with Crippen LogP contribution in [0.3, 0.4) is 0 Å². The molecule has 2 heterocycles. The summed E-state index contributed by atoms with van der Waals surface area (Å²) in [6, 6.07) is 0.914. The Bertz CT molecular complexity index is 518. The molecule has 0 bridgehead atoms. The fourth-order valence-electron chi connectivity index (χ4n) is 1.77. The Balaban J connectivity index is 2.37. The summed E-state index contributed by atoms with van der Waals surface area (Å²) in [4.78, 5) is 3.57. The summed E-state index contributed by atoms with van der Waals surface area (Å²) in [5, 5.41) is -0.585. The highest BCUT2D eigenvalue weighted by Gasteiger charge is 2.52. The summed E-state index contributed by atoms with van der Waals surface area (Å²) in [7, 11) is -0.897. The molecule has 3 nitrogen and oxygen atoms in total.